The number of nitrogens with zero attached hydrogens (tertiary/aromatic N) is 3. The van der Waals surface area contributed by atoms with E-state index in [9.17, 15) is 0 Å². The number of rotatable bonds is 3. The average Bonchev–Trinajstić information content (AvgIpc) is 2.26. The minimum absolute atomic E-state index is 0.773. The highest BCUT2D eigenvalue weighted by molar-refractivity contribution is 4.71. The summed E-state index contributed by atoms with van der Waals surface area (Å²) in [5.41, 5.74) is 0. The van der Waals surface area contributed by atoms with Crippen molar-refractivity contribution in [1.82, 2.24) is 15.1 Å². The zero-order chi connectivity index (χ0) is 9.68. The molecule has 1 radical (unpaired) electrons. The molecule has 1 aliphatic heterocycles. The molecule has 1 aliphatic rings. The summed E-state index contributed by atoms with van der Waals surface area (Å²) >= 11 is 0. The Kier molecular flexibility index (Phi) is 4.70. The van der Waals surface area contributed by atoms with Crippen molar-refractivity contribution in [3.8, 4) is 0 Å². The molecule has 1 saturated heterocycles. The van der Waals surface area contributed by atoms with E-state index < -0.39 is 0 Å². The molecule has 0 saturated carbocycles. The van der Waals surface area contributed by atoms with Gasteiger partial charge in [0.25, 0.3) is 0 Å². The predicted octanol–water partition coefficient (Wildman–Crippen LogP) is 0.104. The molecule has 0 spiro atoms. The van der Waals surface area contributed by atoms with Gasteiger partial charge in [-0.05, 0) is 40.0 Å². The summed E-state index contributed by atoms with van der Waals surface area (Å²) in [6.45, 7) is 5.64. The van der Waals surface area contributed by atoms with Crippen LogP contribution in [-0.4, -0.2) is 63.7 Å². The van der Waals surface area contributed by atoms with Crippen molar-refractivity contribution in [2.45, 2.75) is 6.42 Å². The maximum absolute atomic E-state index is 4.52. The molecule has 1 heterocycles. The summed E-state index contributed by atoms with van der Waals surface area (Å²) in [5.74, 6) is 0.773. The molecule has 13 heavy (non-hydrogen) atoms. The first kappa shape index (κ1) is 11.0. The normalized spacial score (nSPS) is 26.3. The lowest BCUT2D eigenvalue weighted by Gasteiger charge is -2.20. The first-order valence-electron chi connectivity index (χ1n) is 5.15. The Labute approximate surface area is 82.1 Å². The van der Waals surface area contributed by atoms with Crippen LogP contribution in [0.5, 0.6) is 0 Å². The molecular weight excluding hydrogens is 162 g/mol. The van der Waals surface area contributed by atoms with E-state index in [1.54, 1.807) is 0 Å². The van der Waals surface area contributed by atoms with E-state index in [1.807, 2.05) is 0 Å². The maximum atomic E-state index is 4.52. The molecule has 0 bridgehead atoms. The van der Waals surface area contributed by atoms with Gasteiger partial charge in [-0.25, -0.2) is 5.32 Å². The van der Waals surface area contributed by atoms with Gasteiger partial charge in [0.1, 0.15) is 0 Å². The number of likely N-dealkylation sites (N-methyl/N-ethyl adjacent to an activating group) is 1. The fourth-order valence-corrected chi connectivity index (χ4v) is 1.73. The lowest BCUT2D eigenvalue weighted by atomic mass is 10.1. The van der Waals surface area contributed by atoms with Gasteiger partial charge in [-0.3, -0.25) is 0 Å². The second kappa shape index (κ2) is 5.58. The van der Waals surface area contributed by atoms with Crippen molar-refractivity contribution >= 4 is 0 Å². The number of hydrogen-bond acceptors (Lipinski definition) is 2. The molecule has 0 aromatic carbocycles. The third-order valence-corrected chi connectivity index (χ3v) is 2.58. The molecule has 0 aliphatic carbocycles. The summed E-state index contributed by atoms with van der Waals surface area (Å²) < 4.78 is 0. The van der Waals surface area contributed by atoms with E-state index in [2.05, 4.69) is 36.3 Å². The molecule has 0 amide bonds. The molecule has 1 unspecified atom stereocenters. The summed E-state index contributed by atoms with van der Waals surface area (Å²) in [4.78, 5) is 4.65. The summed E-state index contributed by atoms with van der Waals surface area (Å²) in [5, 5.41) is 4.52. The second-order valence-electron chi connectivity index (χ2n) is 4.35. The van der Waals surface area contributed by atoms with Crippen LogP contribution in [0.3, 0.4) is 0 Å². The third kappa shape index (κ3) is 4.60. The van der Waals surface area contributed by atoms with Crippen LogP contribution in [0, 0.1) is 5.92 Å². The van der Waals surface area contributed by atoms with E-state index in [0.29, 0.717) is 0 Å². The SMILES string of the molecule is CN(C)CCC1C[N]CCN(C)C1. The van der Waals surface area contributed by atoms with Crippen LogP contribution in [0.15, 0.2) is 0 Å². The van der Waals surface area contributed by atoms with Crippen molar-refractivity contribution < 1.29 is 0 Å². The Morgan fingerprint density at radius 2 is 2.23 bits per heavy atom. The fraction of sp³-hybridized carbons (Fsp3) is 1.00. The Hall–Kier alpha value is -0.120. The van der Waals surface area contributed by atoms with Gasteiger partial charge < -0.3 is 9.80 Å². The molecule has 0 aromatic rings. The summed E-state index contributed by atoms with van der Waals surface area (Å²) in [6, 6.07) is 0. The standard InChI is InChI=1S/C10H22N3/c1-12(2)6-4-10-8-11-5-7-13(3)9-10/h10H,4-9H2,1-3H3. The van der Waals surface area contributed by atoms with Crippen molar-refractivity contribution in [1.29, 1.82) is 0 Å². The van der Waals surface area contributed by atoms with Crippen molar-refractivity contribution in [3.05, 3.63) is 0 Å². The van der Waals surface area contributed by atoms with Gasteiger partial charge in [0.05, 0.1) is 0 Å². The van der Waals surface area contributed by atoms with Crippen LogP contribution in [0.1, 0.15) is 6.42 Å². The highest BCUT2D eigenvalue weighted by atomic mass is 15.1. The van der Waals surface area contributed by atoms with Crippen molar-refractivity contribution in [2.24, 2.45) is 5.92 Å². The Balaban J connectivity index is 2.22. The van der Waals surface area contributed by atoms with Crippen LogP contribution in [0.2, 0.25) is 0 Å². The molecule has 1 rings (SSSR count). The van der Waals surface area contributed by atoms with Crippen molar-refractivity contribution in [3.63, 3.8) is 0 Å². The van der Waals surface area contributed by atoms with Gasteiger partial charge in [-0.1, -0.05) is 0 Å². The summed E-state index contributed by atoms with van der Waals surface area (Å²) in [7, 11) is 6.47. The van der Waals surface area contributed by atoms with Crippen LogP contribution in [0.4, 0.5) is 0 Å². The van der Waals surface area contributed by atoms with E-state index in [1.165, 1.54) is 19.5 Å². The Morgan fingerprint density at radius 3 is 2.92 bits per heavy atom. The van der Waals surface area contributed by atoms with Crippen LogP contribution in [0.25, 0.3) is 0 Å². The minimum Gasteiger partial charge on any atom is -0.309 e. The van der Waals surface area contributed by atoms with E-state index in [0.717, 1.165) is 25.6 Å². The van der Waals surface area contributed by atoms with E-state index >= 15 is 0 Å². The molecule has 77 valence electrons. The number of hydrogen-bond donors (Lipinski definition) is 0. The molecule has 0 N–H and O–H groups in total. The molecule has 3 heteroatoms. The van der Waals surface area contributed by atoms with E-state index in [-0.39, 0.29) is 0 Å². The van der Waals surface area contributed by atoms with Gasteiger partial charge >= 0.3 is 0 Å². The minimum atomic E-state index is 0.773. The van der Waals surface area contributed by atoms with Crippen LogP contribution in [-0.2, 0) is 0 Å². The monoisotopic (exact) mass is 184 g/mol. The summed E-state index contributed by atoms with van der Waals surface area (Å²) in [6.07, 6.45) is 1.28. The topological polar surface area (TPSA) is 20.6 Å². The quantitative estimate of drug-likeness (QED) is 0.620. The van der Waals surface area contributed by atoms with Gasteiger partial charge in [-0.15, -0.1) is 0 Å². The molecule has 3 nitrogen and oxygen atoms in total. The highest BCUT2D eigenvalue weighted by Crippen LogP contribution is 2.07. The predicted molar refractivity (Wildman–Crippen MR) is 56.0 cm³/mol. The lowest BCUT2D eigenvalue weighted by Crippen LogP contribution is -2.28. The third-order valence-electron chi connectivity index (χ3n) is 2.58. The molecule has 1 fully saturated rings. The first-order chi connectivity index (χ1) is 6.18. The molecular formula is C10H22N3. The fourth-order valence-electron chi connectivity index (χ4n) is 1.73. The van der Waals surface area contributed by atoms with Crippen molar-refractivity contribution in [2.75, 3.05) is 53.9 Å². The Morgan fingerprint density at radius 1 is 1.46 bits per heavy atom. The Bertz CT molecular complexity index is 136. The maximum Gasteiger partial charge on any atom is 0.0261 e. The largest absolute Gasteiger partial charge is 0.309 e. The van der Waals surface area contributed by atoms with Crippen LogP contribution < -0.4 is 5.32 Å². The van der Waals surface area contributed by atoms with Gasteiger partial charge in [0, 0.05) is 26.2 Å². The average molecular weight is 184 g/mol. The first-order valence-corrected chi connectivity index (χ1v) is 5.15. The molecule has 0 aromatic heterocycles. The smallest absolute Gasteiger partial charge is 0.0261 e. The highest BCUT2D eigenvalue weighted by Gasteiger charge is 2.15. The lowest BCUT2D eigenvalue weighted by molar-refractivity contribution is 0.277. The second-order valence-corrected chi connectivity index (χ2v) is 4.35. The van der Waals surface area contributed by atoms with Crippen LogP contribution >= 0.6 is 0 Å². The van der Waals surface area contributed by atoms with Gasteiger partial charge in [0.2, 0.25) is 0 Å². The zero-order valence-electron chi connectivity index (χ0n) is 9.16. The zero-order valence-corrected chi connectivity index (χ0v) is 9.16. The molecule has 1 atom stereocenters. The van der Waals surface area contributed by atoms with Gasteiger partial charge in [0.15, 0.2) is 0 Å². The van der Waals surface area contributed by atoms with Gasteiger partial charge in [-0.2, -0.15) is 0 Å². The van der Waals surface area contributed by atoms with E-state index in [4.69, 9.17) is 0 Å².